The largest absolute Gasteiger partial charge is 0.487 e. The molecule has 0 radical (unpaired) electrons. The zero-order valence-electron chi connectivity index (χ0n) is 10.8. The van der Waals surface area contributed by atoms with Gasteiger partial charge in [-0.05, 0) is 24.1 Å². The van der Waals surface area contributed by atoms with Gasteiger partial charge in [0.05, 0.1) is 24.5 Å². The van der Waals surface area contributed by atoms with Gasteiger partial charge in [0.15, 0.2) is 5.75 Å². The third-order valence-corrected chi connectivity index (χ3v) is 2.78. The van der Waals surface area contributed by atoms with E-state index in [2.05, 4.69) is 4.98 Å². The molecule has 7 nitrogen and oxygen atoms in total. The first-order valence-corrected chi connectivity index (χ1v) is 6.17. The first-order chi connectivity index (χ1) is 9.70. The van der Waals surface area contributed by atoms with Crippen LogP contribution >= 0.6 is 0 Å². The Hall–Kier alpha value is -2.41. The number of aliphatic hydroxyl groups excluding tert-OH is 1. The summed E-state index contributed by atoms with van der Waals surface area (Å²) in [6.07, 6.45) is 5.94. The molecule has 0 aliphatic heterocycles. The molecule has 1 heterocycles. The SMILES string of the molecule is O=[N+]([O-])c1ccc(CO)cc1OCCCn1ccnc1. The van der Waals surface area contributed by atoms with E-state index in [-0.39, 0.29) is 18.0 Å². The molecule has 0 aliphatic carbocycles. The second-order valence-electron chi connectivity index (χ2n) is 4.22. The van der Waals surface area contributed by atoms with Crippen LogP contribution in [0.4, 0.5) is 5.69 Å². The number of aryl methyl sites for hydroxylation is 1. The highest BCUT2D eigenvalue weighted by molar-refractivity contribution is 5.48. The molecule has 1 aromatic carbocycles. The topological polar surface area (TPSA) is 90.4 Å². The molecule has 0 aliphatic rings. The predicted octanol–water partition coefficient (Wildman–Crippen LogP) is 1.75. The Balaban J connectivity index is 1.95. The van der Waals surface area contributed by atoms with Crippen LogP contribution in [0.1, 0.15) is 12.0 Å². The summed E-state index contributed by atoms with van der Waals surface area (Å²) in [5, 5.41) is 19.9. The quantitative estimate of drug-likeness (QED) is 0.473. The van der Waals surface area contributed by atoms with E-state index in [1.807, 2.05) is 10.8 Å². The minimum atomic E-state index is -0.494. The number of nitro groups is 1. The summed E-state index contributed by atoms with van der Waals surface area (Å²) in [6, 6.07) is 4.35. The number of hydrogen-bond donors (Lipinski definition) is 1. The maximum Gasteiger partial charge on any atom is 0.310 e. The molecule has 1 aromatic heterocycles. The summed E-state index contributed by atoms with van der Waals surface area (Å²) >= 11 is 0. The van der Waals surface area contributed by atoms with Crippen molar-refractivity contribution >= 4 is 5.69 Å². The standard InChI is InChI=1S/C13H15N3O4/c17-9-11-2-3-12(16(18)19)13(8-11)20-7-1-5-15-6-4-14-10-15/h2-4,6,8,10,17H,1,5,7,9H2. The third-order valence-electron chi connectivity index (χ3n) is 2.78. The van der Waals surface area contributed by atoms with Gasteiger partial charge in [-0.3, -0.25) is 10.1 Å². The second-order valence-corrected chi connectivity index (χ2v) is 4.22. The van der Waals surface area contributed by atoms with Gasteiger partial charge in [-0.25, -0.2) is 4.98 Å². The molecule has 1 N–H and O–H groups in total. The number of aromatic nitrogens is 2. The lowest BCUT2D eigenvalue weighted by Crippen LogP contribution is -2.05. The third kappa shape index (κ3) is 3.55. The van der Waals surface area contributed by atoms with Crippen molar-refractivity contribution in [3.8, 4) is 5.75 Å². The summed E-state index contributed by atoms with van der Waals surface area (Å²) in [6.45, 7) is 0.908. The summed E-state index contributed by atoms with van der Waals surface area (Å²) in [4.78, 5) is 14.3. The number of nitro benzene ring substituents is 1. The number of hydrogen-bond acceptors (Lipinski definition) is 5. The molecular formula is C13H15N3O4. The normalized spacial score (nSPS) is 10.4. The second kappa shape index (κ2) is 6.67. The number of rotatable bonds is 7. The fourth-order valence-electron chi connectivity index (χ4n) is 1.77. The van der Waals surface area contributed by atoms with Crippen LogP contribution < -0.4 is 4.74 Å². The summed E-state index contributed by atoms with van der Waals surface area (Å²) in [5.74, 6) is 0.187. The first kappa shape index (κ1) is 14.0. The lowest BCUT2D eigenvalue weighted by molar-refractivity contribution is -0.385. The van der Waals surface area contributed by atoms with Crippen molar-refractivity contribution in [2.75, 3.05) is 6.61 Å². The van der Waals surface area contributed by atoms with Gasteiger partial charge < -0.3 is 14.4 Å². The van der Waals surface area contributed by atoms with E-state index >= 15 is 0 Å². The minimum absolute atomic E-state index is 0.0927. The average molecular weight is 277 g/mol. The molecule has 0 amide bonds. The summed E-state index contributed by atoms with van der Waals surface area (Å²) in [5.41, 5.74) is 0.491. The van der Waals surface area contributed by atoms with Crippen LogP contribution in [0.15, 0.2) is 36.9 Å². The average Bonchev–Trinajstić information content (AvgIpc) is 2.96. The van der Waals surface area contributed by atoms with Crippen LogP contribution in [-0.2, 0) is 13.2 Å². The molecule has 7 heteroatoms. The van der Waals surface area contributed by atoms with Gasteiger partial charge in [0.1, 0.15) is 0 Å². The monoisotopic (exact) mass is 277 g/mol. The van der Waals surface area contributed by atoms with E-state index in [0.29, 0.717) is 18.6 Å². The molecule has 0 unspecified atom stereocenters. The van der Waals surface area contributed by atoms with Crippen LogP contribution in [0.25, 0.3) is 0 Å². The maximum atomic E-state index is 10.9. The molecule has 0 spiro atoms. The van der Waals surface area contributed by atoms with E-state index in [9.17, 15) is 10.1 Å². The van der Waals surface area contributed by atoms with E-state index in [1.165, 1.54) is 18.2 Å². The van der Waals surface area contributed by atoms with Crippen molar-refractivity contribution < 1.29 is 14.8 Å². The Labute approximate surface area is 115 Å². The highest BCUT2D eigenvalue weighted by Gasteiger charge is 2.15. The Morgan fingerprint density at radius 1 is 1.45 bits per heavy atom. The lowest BCUT2D eigenvalue weighted by atomic mass is 10.2. The zero-order chi connectivity index (χ0) is 14.4. The smallest absolute Gasteiger partial charge is 0.310 e. The molecule has 0 bridgehead atoms. The van der Waals surface area contributed by atoms with Gasteiger partial charge >= 0.3 is 5.69 Å². The molecule has 0 saturated carbocycles. The molecule has 20 heavy (non-hydrogen) atoms. The molecular weight excluding hydrogens is 262 g/mol. The van der Waals surface area contributed by atoms with Crippen molar-refractivity contribution in [3.63, 3.8) is 0 Å². The van der Waals surface area contributed by atoms with Gasteiger partial charge in [0.2, 0.25) is 0 Å². The van der Waals surface area contributed by atoms with Gasteiger partial charge in [0, 0.05) is 25.0 Å². The van der Waals surface area contributed by atoms with Crippen molar-refractivity contribution in [1.82, 2.24) is 9.55 Å². The van der Waals surface area contributed by atoms with Crippen LogP contribution in [0, 0.1) is 10.1 Å². The Kier molecular flexibility index (Phi) is 4.67. The Bertz CT molecular complexity index is 569. The van der Waals surface area contributed by atoms with Crippen LogP contribution in [0.5, 0.6) is 5.75 Å². The van der Waals surface area contributed by atoms with Crippen LogP contribution in [-0.4, -0.2) is 26.2 Å². The van der Waals surface area contributed by atoms with Crippen LogP contribution in [0.2, 0.25) is 0 Å². The highest BCUT2D eigenvalue weighted by atomic mass is 16.6. The van der Waals surface area contributed by atoms with Gasteiger partial charge in [-0.2, -0.15) is 0 Å². The molecule has 2 aromatic rings. The Morgan fingerprint density at radius 3 is 2.95 bits per heavy atom. The van der Waals surface area contributed by atoms with E-state index in [4.69, 9.17) is 9.84 Å². The number of benzene rings is 1. The van der Waals surface area contributed by atoms with Gasteiger partial charge in [-0.1, -0.05) is 0 Å². The Morgan fingerprint density at radius 2 is 2.30 bits per heavy atom. The summed E-state index contributed by atoms with van der Waals surface area (Å²) in [7, 11) is 0. The zero-order valence-corrected chi connectivity index (χ0v) is 10.8. The van der Waals surface area contributed by atoms with Gasteiger partial charge in [-0.15, -0.1) is 0 Å². The van der Waals surface area contributed by atoms with Crippen LogP contribution in [0.3, 0.4) is 0 Å². The fraction of sp³-hybridized carbons (Fsp3) is 0.308. The van der Waals surface area contributed by atoms with Crippen molar-refractivity contribution in [2.45, 2.75) is 19.6 Å². The highest BCUT2D eigenvalue weighted by Crippen LogP contribution is 2.28. The van der Waals surface area contributed by atoms with E-state index in [1.54, 1.807) is 12.5 Å². The predicted molar refractivity (Wildman–Crippen MR) is 71.4 cm³/mol. The summed E-state index contributed by atoms with van der Waals surface area (Å²) < 4.78 is 7.36. The molecule has 0 atom stereocenters. The molecule has 106 valence electrons. The molecule has 2 rings (SSSR count). The minimum Gasteiger partial charge on any atom is -0.487 e. The molecule has 0 fully saturated rings. The number of nitrogens with zero attached hydrogens (tertiary/aromatic N) is 3. The maximum absolute atomic E-state index is 10.9. The fourth-order valence-corrected chi connectivity index (χ4v) is 1.77. The number of ether oxygens (including phenoxy) is 1. The number of aliphatic hydroxyl groups is 1. The lowest BCUT2D eigenvalue weighted by Gasteiger charge is -2.08. The van der Waals surface area contributed by atoms with Crippen molar-refractivity contribution in [2.24, 2.45) is 0 Å². The first-order valence-electron chi connectivity index (χ1n) is 6.17. The van der Waals surface area contributed by atoms with E-state index < -0.39 is 4.92 Å². The van der Waals surface area contributed by atoms with Gasteiger partial charge in [0.25, 0.3) is 0 Å². The van der Waals surface area contributed by atoms with E-state index in [0.717, 1.165) is 6.54 Å². The van der Waals surface area contributed by atoms with Crippen molar-refractivity contribution in [1.29, 1.82) is 0 Å². The van der Waals surface area contributed by atoms with Crippen molar-refractivity contribution in [3.05, 3.63) is 52.6 Å². The molecule has 0 saturated heterocycles. The number of imidazole rings is 1.